The fourth-order valence-corrected chi connectivity index (χ4v) is 1.19. The molecule has 18 heavy (non-hydrogen) atoms. The Hall–Kier alpha value is -2.12. The maximum Gasteiger partial charge on any atom is 0.434 e. The van der Waals surface area contributed by atoms with Crippen molar-refractivity contribution in [2.24, 2.45) is 0 Å². The summed E-state index contributed by atoms with van der Waals surface area (Å²) in [5.74, 6) is -2.14. The quantitative estimate of drug-likeness (QED) is 0.759. The van der Waals surface area contributed by atoms with Crippen molar-refractivity contribution in [3.63, 3.8) is 0 Å². The predicted octanol–water partition coefficient (Wildman–Crippen LogP) is 1.67. The fourth-order valence-electron chi connectivity index (χ4n) is 1.19. The lowest BCUT2D eigenvalue weighted by Gasteiger charge is -2.11. The maximum absolute atomic E-state index is 12.6. The van der Waals surface area contributed by atoms with Gasteiger partial charge in [-0.1, -0.05) is 0 Å². The number of nitrogens with zero attached hydrogens (tertiary/aromatic N) is 1. The molecule has 1 aromatic rings. The van der Waals surface area contributed by atoms with Crippen LogP contribution in [-0.2, 0) is 15.7 Å². The Morgan fingerprint density at radius 1 is 1.17 bits per heavy atom. The topological polar surface area (TPSA) is 65.5 Å². The van der Waals surface area contributed by atoms with Crippen molar-refractivity contribution in [2.75, 3.05) is 14.2 Å². The first kappa shape index (κ1) is 13.9. The zero-order valence-corrected chi connectivity index (χ0v) is 9.37. The molecule has 0 radical (unpaired) electrons. The highest BCUT2D eigenvalue weighted by molar-refractivity contribution is 5.95. The van der Waals surface area contributed by atoms with Crippen molar-refractivity contribution in [1.82, 2.24) is 4.98 Å². The van der Waals surface area contributed by atoms with Gasteiger partial charge in [-0.15, -0.1) is 0 Å². The number of pyridine rings is 1. The smallest absolute Gasteiger partial charge is 0.434 e. The molecule has 1 heterocycles. The van der Waals surface area contributed by atoms with Crippen LogP contribution in [0.3, 0.4) is 0 Å². The number of hydrogen-bond acceptors (Lipinski definition) is 5. The van der Waals surface area contributed by atoms with E-state index in [1.807, 2.05) is 0 Å². The first-order valence-corrected chi connectivity index (χ1v) is 4.55. The molecular weight excluding hydrogens is 255 g/mol. The summed E-state index contributed by atoms with van der Waals surface area (Å²) in [4.78, 5) is 25.4. The van der Waals surface area contributed by atoms with E-state index in [2.05, 4.69) is 14.5 Å². The number of esters is 2. The highest BCUT2D eigenvalue weighted by Crippen LogP contribution is 2.31. The summed E-state index contributed by atoms with van der Waals surface area (Å²) in [5.41, 5.74) is -2.53. The monoisotopic (exact) mass is 263 g/mol. The normalized spacial score (nSPS) is 10.9. The molecular formula is C10H8F3NO4. The third-order valence-electron chi connectivity index (χ3n) is 1.98. The van der Waals surface area contributed by atoms with E-state index >= 15 is 0 Å². The lowest BCUT2D eigenvalue weighted by atomic mass is 10.1. The van der Waals surface area contributed by atoms with Crippen molar-refractivity contribution >= 4 is 11.9 Å². The second-order valence-corrected chi connectivity index (χ2v) is 3.10. The average molecular weight is 263 g/mol. The summed E-state index contributed by atoms with van der Waals surface area (Å²) in [6, 6.07) is 0.730. The lowest BCUT2D eigenvalue weighted by molar-refractivity contribution is -0.141. The van der Waals surface area contributed by atoms with Gasteiger partial charge in [0, 0.05) is 6.20 Å². The number of alkyl halides is 3. The molecule has 0 unspecified atom stereocenters. The first-order valence-electron chi connectivity index (χ1n) is 4.55. The Kier molecular flexibility index (Phi) is 3.89. The summed E-state index contributed by atoms with van der Waals surface area (Å²) >= 11 is 0. The molecule has 8 heteroatoms. The Bertz CT molecular complexity index is 485. The van der Waals surface area contributed by atoms with E-state index in [0.29, 0.717) is 6.20 Å². The number of carbonyl (C=O) groups excluding carboxylic acids is 2. The van der Waals surface area contributed by atoms with E-state index < -0.39 is 29.4 Å². The molecule has 1 aromatic heterocycles. The van der Waals surface area contributed by atoms with Gasteiger partial charge in [-0.25, -0.2) is 9.59 Å². The van der Waals surface area contributed by atoms with Crippen LogP contribution in [-0.4, -0.2) is 31.1 Å². The van der Waals surface area contributed by atoms with Crippen molar-refractivity contribution in [3.8, 4) is 0 Å². The van der Waals surface area contributed by atoms with Crippen molar-refractivity contribution in [1.29, 1.82) is 0 Å². The number of rotatable bonds is 2. The number of halogens is 3. The summed E-state index contributed by atoms with van der Waals surface area (Å²) in [7, 11) is 1.98. The van der Waals surface area contributed by atoms with Gasteiger partial charge >= 0.3 is 18.1 Å². The molecule has 5 nitrogen and oxygen atoms in total. The number of aromatic nitrogens is 1. The van der Waals surface area contributed by atoms with Crippen LogP contribution in [0.2, 0.25) is 0 Å². The van der Waals surface area contributed by atoms with Gasteiger partial charge in [0.05, 0.1) is 25.3 Å². The van der Waals surface area contributed by atoms with E-state index in [1.165, 1.54) is 0 Å². The van der Waals surface area contributed by atoms with Crippen LogP contribution in [0, 0.1) is 0 Å². The number of methoxy groups -OCH3 is 2. The summed E-state index contributed by atoms with van der Waals surface area (Å²) in [6.45, 7) is 0. The van der Waals surface area contributed by atoms with E-state index in [9.17, 15) is 22.8 Å². The molecule has 98 valence electrons. The van der Waals surface area contributed by atoms with Gasteiger partial charge < -0.3 is 9.47 Å². The molecule has 0 aromatic carbocycles. The number of hydrogen-bond donors (Lipinski definition) is 0. The SMILES string of the molecule is COC(=O)c1cnc(C(F)(F)F)c(C(=O)OC)c1. The highest BCUT2D eigenvalue weighted by atomic mass is 19.4. The van der Waals surface area contributed by atoms with Crippen LogP contribution in [0.25, 0.3) is 0 Å². The largest absolute Gasteiger partial charge is 0.465 e. The van der Waals surface area contributed by atoms with E-state index in [4.69, 9.17) is 0 Å². The Balaban J connectivity index is 3.39. The minimum atomic E-state index is -4.82. The molecule has 0 N–H and O–H groups in total. The third-order valence-corrected chi connectivity index (χ3v) is 1.98. The standard InChI is InChI=1S/C10H8F3NO4/c1-17-8(15)5-3-6(9(16)18-2)7(14-4-5)10(11,12)13/h3-4H,1-2H3. The van der Waals surface area contributed by atoms with Crippen LogP contribution in [0.1, 0.15) is 26.4 Å². The molecule has 0 saturated heterocycles. The molecule has 0 bridgehead atoms. The minimum absolute atomic E-state index is 0.272. The second kappa shape index (κ2) is 5.03. The van der Waals surface area contributed by atoms with Crippen LogP contribution in [0.5, 0.6) is 0 Å². The van der Waals surface area contributed by atoms with E-state index in [0.717, 1.165) is 20.3 Å². The minimum Gasteiger partial charge on any atom is -0.465 e. The van der Waals surface area contributed by atoms with Crippen LogP contribution in [0.4, 0.5) is 13.2 Å². The summed E-state index contributed by atoms with van der Waals surface area (Å²) in [5, 5.41) is 0. The van der Waals surface area contributed by atoms with Crippen LogP contribution >= 0.6 is 0 Å². The summed E-state index contributed by atoms with van der Waals surface area (Å²) in [6.07, 6.45) is -4.14. The van der Waals surface area contributed by atoms with Crippen molar-refractivity contribution in [2.45, 2.75) is 6.18 Å². The predicted molar refractivity (Wildman–Crippen MR) is 51.9 cm³/mol. The second-order valence-electron chi connectivity index (χ2n) is 3.10. The molecule has 0 fully saturated rings. The van der Waals surface area contributed by atoms with E-state index in [1.54, 1.807) is 0 Å². The van der Waals surface area contributed by atoms with Gasteiger partial charge in [0.25, 0.3) is 0 Å². The zero-order chi connectivity index (χ0) is 13.9. The fraction of sp³-hybridized carbons (Fsp3) is 0.300. The van der Waals surface area contributed by atoms with E-state index in [-0.39, 0.29) is 5.56 Å². The molecule has 0 aliphatic rings. The Morgan fingerprint density at radius 3 is 2.17 bits per heavy atom. The molecule has 0 aliphatic heterocycles. The first-order chi connectivity index (χ1) is 8.31. The van der Waals surface area contributed by atoms with Crippen molar-refractivity contribution in [3.05, 3.63) is 29.1 Å². The van der Waals surface area contributed by atoms with Crippen LogP contribution in [0.15, 0.2) is 12.3 Å². The van der Waals surface area contributed by atoms with Crippen molar-refractivity contribution < 1.29 is 32.2 Å². The van der Waals surface area contributed by atoms with Crippen LogP contribution < -0.4 is 0 Å². The summed E-state index contributed by atoms with van der Waals surface area (Å²) < 4.78 is 46.2. The van der Waals surface area contributed by atoms with Gasteiger partial charge in [0.1, 0.15) is 0 Å². The lowest BCUT2D eigenvalue weighted by Crippen LogP contribution is -2.18. The highest BCUT2D eigenvalue weighted by Gasteiger charge is 2.38. The number of carbonyl (C=O) groups is 2. The molecule has 0 amide bonds. The molecule has 0 atom stereocenters. The zero-order valence-electron chi connectivity index (χ0n) is 9.37. The Morgan fingerprint density at radius 2 is 1.72 bits per heavy atom. The van der Waals surface area contributed by atoms with Gasteiger partial charge in [-0.2, -0.15) is 13.2 Å². The van der Waals surface area contributed by atoms with Gasteiger partial charge in [-0.3, -0.25) is 4.98 Å². The van der Waals surface area contributed by atoms with Gasteiger partial charge in [0.2, 0.25) is 0 Å². The number of ether oxygens (including phenoxy) is 2. The van der Waals surface area contributed by atoms with Gasteiger partial charge in [-0.05, 0) is 6.07 Å². The molecule has 1 rings (SSSR count). The molecule has 0 aliphatic carbocycles. The average Bonchev–Trinajstić information content (AvgIpc) is 2.35. The molecule has 0 saturated carbocycles. The third kappa shape index (κ3) is 2.76. The maximum atomic E-state index is 12.6. The van der Waals surface area contributed by atoms with Gasteiger partial charge in [0.15, 0.2) is 5.69 Å². The Labute approximate surface area is 99.5 Å². The molecule has 0 spiro atoms.